The van der Waals surface area contributed by atoms with Crippen LogP contribution in [0.1, 0.15) is 13.8 Å². The molecule has 0 aromatic carbocycles. The lowest BCUT2D eigenvalue weighted by Crippen LogP contribution is -2.46. The second-order valence-electron chi connectivity index (χ2n) is 3.11. The van der Waals surface area contributed by atoms with Crippen molar-refractivity contribution in [2.45, 2.75) is 20.0 Å². The quantitative estimate of drug-likeness (QED) is 0.632. The average molecular weight is 199 g/mol. The van der Waals surface area contributed by atoms with Gasteiger partial charge in [-0.1, -0.05) is 0 Å². The molecule has 0 bridgehead atoms. The number of hydrogen-bond donors (Lipinski definition) is 0. The summed E-state index contributed by atoms with van der Waals surface area (Å²) < 4.78 is 36.8. The van der Waals surface area contributed by atoms with E-state index in [1.807, 2.05) is 0 Å². The van der Waals surface area contributed by atoms with Gasteiger partial charge in [-0.15, -0.1) is 0 Å². The summed E-state index contributed by atoms with van der Waals surface area (Å²) in [7, 11) is 2.26. The van der Waals surface area contributed by atoms with Crippen molar-refractivity contribution in [1.82, 2.24) is 5.06 Å². The summed E-state index contributed by atoms with van der Waals surface area (Å²) in [6.45, 7) is 1.62. The lowest BCUT2D eigenvalue weighted by Gasteiger charge is -2.29. The number of hydrogen-bond acceptors (Lipinski definition) is 2. The minimum Gasteiger partial charge on any atom is -0.275 e. The summed E-state index contributed by atoms with van der Waals surface area (Å²) in [4.78, 5) is 15.5. The van der Waals surface area contributed by atoms with Gasteiger partial charge < -0.3 is 0 Å². The maximum Gasteiger partial charge on any atom is 0.402 e. The van der Waals surface area contributed by atoms with Gasteiger partial charge in [0.15, 0.2) is 0 Å². The lowest BCUT2D eigenvalue weighted by molar-refractivity contribution is -0.234. The summed E-state index contributed by atoms with van der Waals surface area (Å²) in [5, 5.41) is 0.563. The van der Waals surface area contributed by atoms with Crippen molar-refractivity contribution in [2.75, 3.05) is 14.2 Å². The van der Waals surface area contributed by atoms with Gasteiger partial charge >= 0.3 is 6.18 Å². The number of rotatable bonds is 2. The van der Waals surface area contributed by atoms with Crippen molar-refractivity contribution in [3.8, 4) is 0 Å². The maximum atomic E-state index is 12.3. The van der Waals surface area contributed by atoms with Crippen molar-refractivity contribution < 1.29 is 22.8 Å². The van der Waals surface area contributed by atoms with E-state index in [4.69, 9.17) is 0 Å². The molecule has 78 valence electrons. The summed E-state index contributed by atoms with van der Waals surface area (Å²) in [6.07, 6.45) is -4.57. The number of halogens is 3. The number of alkyl halides is 3. The van der Waals surface area contributed by atoms with Gasteiger partial charge in [0.2, 0.25) is 0 Å². The van der Waals surface area contributed by atoms with Crippen LogP contribution in [-0.2, 0) is 9.63 Å². The highest BCUT2D eigenvalue weighted by Gasteiger charge is 2.54. The third-order valence-electron chi connectivity index (χ3n) is 1.80. The molecule has 0 saturated carbocycles. The first-order valence-corrected chi connectivity index (χ1v) is 3.53. The Labute approximate surface area is 74.4 Å². The van der Waals surface area contributed by atoms with Crippen LogP contribution in [0.25, 0.3) is 0 Å². The first-order chi connectivity index (χ1) is 5.64. The Morgan fingerprint density at radius 2 is 1.69 bits per heavy atom. The fraction of sp³-hybridized carbons (Fsp3) is 0.857. The van der Waals surface area contributed by atoms with E-state index in [0.29, 0.717) is 5.06 Å². The Morgan fingerprint density at radius 3 is 1.92 bits per heavy atom. The van der Waals surface area contributed by atoms with E-state index in [1.54, 1.807) is 0 Å². The Balaban J connectivity index is 4.75. The van der Waals surface area contributed by atoms with Crippen LogP contribution >= 0.6 is 0 Å². The molecule has 0 N–H and O–H groups in total. The molecule has 0 rings (SSSR count). The molecule has 0 aliphatic carbocycles. The molecule has 0 aliphatic heterocycles. The first kappa shape index (κ1) is 12.2. The molecule has 6 heteroatoms. The van der Waals surface area contributed by atoms with E-state index in [0.717, 1.165) is 28.0 Å². The Bertz CT molecular complexity index is 200. The third-order valence-corrected chi connectivity index (χ3v) is 1.80. The standard InChI is InChI=1S/C7H12F3NO2/c1-6(2,7(8,9)10)5(12)11(3)13-4/h1-4H3. The minimum absolute atomic E-state index is 0.563. The molecular formula is C7H12F3NO2. The summed E-state index contributed by atoms with van der Waals surface area (Å²) >= 11 is 0. The van der Waals surface area contributed by atoms with Crippen LogP contribution in [-0.4, -0.2) is 31.3 Å². The molecule has 0 spiro atoms. The predicted molar refractivity (Wildman–Crippen MR) is 39.6 cm³/mol. The average Bonchev–Trinajstić information content (AvgIpc) is 1.99. The highest BCUT2D eigenvalue weighted by molar-refractivity contribution is 5.81. The van der Waals surface area contributed by atoms with Crippen LogP contribution in [0, 0.1) is 5.41 Å². The van der Waals surface area contributed by atoms with E-state index < -0.39 is 17.5 Å². The molecule has 13 heavy (non-hydrogen) atoms. The number of amides is 1. The lowest BCUT2D eigenvalue weighted by atomic mass is 9.91. The fourth-order valence-corrected chi connectivity index (χ4v) is 0.598. The monoisotopic (exact) mass is 199 g/mol. The van der Waals surface area contributed by atoms with Gasteiger partial charge in [-0.3, -0.25) is 9.63 Å². The van der Waals surface area contributed by atoms with Crippen LogP contribution in [0.5, 0.6) is 0 Å². The number of carbonyl (C=O) groups excluding carboxylic acids is 1. The zero-order valence-corrected chi connectivity index (χ0v) is 7.90. The fourth-order valence-electron chi connectivity index (χ4n) is 0.598. The normalized spacial score (nSPS) is 12.8. The van der Waals surface area contributed by atoms with Crippen molar-refractivity contribution in [2.24, 2.45) is 5.41 Å². The van der Waals surface area contributed by atoms with Gasteiger partial charge in [0.1, 0.15) is 5.41 Å². The van der Waals surface area contributed by atoms with E-state index in [-0.39, 0.29) is 0 Å². The summed E-state index contributed by atoms with van der Waals surface area (Å²) in [5.74, 6) is -1.12. The molecule has 0 unspecified atom stereocenters. The highest BCUT2D eigenvalue weighted by atomic mass is 19.4. The highest BCUT2D eigenvalue weighted by Crippen LogP contribution is 2.38. The molecule has 0 radical (unpaired) electrons. The zero-order valence-electron chi connectivity index (χ0n) is 7.90. The second-order valence-corrected chi connectivity index (χ2v) is 3.11. The van der Waals surface area contributed by atoms with Crippen LogP contribution < -0.4 is 0 Å². The molecule has 1 amide bonds. The van der Waals surface area contributed by atoms with Crippen molar-refractivity contribution in [1.29, 1.82) is 0 Å². The van der Waals surface area contributed by atoms with E-state index >= 15 is 0 Å². The largest absolute Gasteiger partial charge is 0.402 e. The second kappa shape index (κ2) is 3.53. The van der Waals surface area contributed by atoms with Gasteiger partial charge in [-0.25, -0.2) is 5.06 Å². The molecule has 0 aromatic rings. The van der Waals surface area contributed by atoms with Gasteiger partial charge in [0, 0.05) is 7.05 Å². The molecule has 3 nitrogen and oxygen atoms in total. The number of carbonyl (C=O) groups is 1. The Kier molecular flexibility index (Phi) is 3.32. The molecule has 0 atom stereocenters. The van der Waals surface area contributed by atoms with Gasteiger partial charge in [-0.2, -0.15) is 13.2 Å². The van der Waals surface area contributed by atoms with Crippen LogP contribution in [0.4, 0.5) is 13.2 Å². The van der Waals surface area contributed by atoms with Gasteiger partial charge in [0.05, 0.1) is 7.11 Å². The Morgan fingerprint density at radius 1 is 1.31 bits per heavy atom. The first-order valence-electron chi connectivity index (χ1n) is 3.53. The maximum absolute atomic E-state index is 12.3. The van der Waals surface area contributed by atoms with E-state index in [2.05, 4.69) is 4.84 Å². The molecule has 0 aliphatic rings. The van der Waals surface area contributed by atoms with Gasteiger partial charge in [-0.05, 0) is 13.8 Å². The van der Waals surface area contributed by atoms with Crippen LogP contribution in [0.15, 0.2) is 0 Å². The van der Waals surface area contributed by atoms with Crippen LogP contribution in [0.3, 0.4) is 0 Å². The molecule has 0 saturated heterocycles. The summed E-state index contributed by atoms with van der Waals surface area (Å²) in [5.41, 5.74) is -2.42. The topological polar surface area (TPSA) is 29.5 Å². The van der Waals surface area contributed by atoms with E-state index in [9.17, 15) is 18.0 Å². The molecule has 0 heterocycles. The zero-order chi connectivity index (χ0) is 10.9. The van der Waals surface area contributed by atoms with Crippen molar-refractivity contribution in [3.05, 3.63) is 0 Å². The third kappa shape index (κ3) is 2.33. The predicted octanol–water partition coefficient (Wildman–Crippen LogP) is 1.59. The smallest absolute Gasteiger partial charge is 0.275 e. The molecular weight excluding hydrogens is 187 g/mol. The Hall–Kier alpha value is -0.780. The SMILES string of the molecule is CON(C)C(=O)C(C)(C)C(F)(F)F. The number of hydroxylamine groups is 2. The van der Waals surface area contributed by atoms with E-state index in [1.165, 1.54) is 0 Å². The van der Waals surface area contributed by atoms with Crippen molar-refractivity contribution >= 4 is 5.91 Å². The molecule has 0 fully saturated rings. The number of nitrogens with zero attached hydrogens (tertiary/aromatic N) is 1. The minimum atomic E-state index is -4.57. The van der Waals surface area contributed by atoms with Gasteiger partial charge in [0.25, 0.3) is 5.91 Å². The van der Waals surface area contributed by atoms with Crippen molar-refractivity contribution in [3.63, 3.8) is 0 Å². The molecule has 0 aromatic heterocycles. The summed E-state index contributed by atoms with van der Waals surface area (Å²) in [6, 6.07) is 0. The van der Waals surface area contributed by atoms with Crippen LogP contribution in [0.2, 0.25) is 0 Å².